The van der Waals surface area contributed by atoms with Crippen molar-refractivity contribution >= 4 is 39.5 Å². The molecule has 3 N–H and O–H groups in total. The lowest BCUT2D eigenvalue weighted by Crippen LogP contribution is -2.30. The van der Waals surface area contributed by atoms with Crippen LogP contribution >= 0.6 is 15.6 Å². The van der Waals surface area contributed by atoms with E-state index in [4.69, 9.17) is 37.0 Å². The Morgan fingerprint density at radius 3 is 0.776 bits per heavy atom. The highest BCUT2D eigenvalue weighted by molar-refractivity contribution is 7.47. The number of unbranched alkanes of at least 4 members (excludes halogenated alkanes) is 43. The van der Waals surface area contributed by atoms with Gasteiger partial charge in [-0.1, -0.05) is 357 Å². The summed E-state index contributed by atoms with van der Waals surface area (Å²) >= 11 is 0. The molecule has 0 radical (unpaired) electrons. The van der Waals surface area contributed by atoms with Crippen LogP contribution in [-0.2, 0) is 65.4 Å². The van der Waals surface area contributed by atoms with Crippen LogP contribution in [0.1, 0.15) is 408 Å². The molecule has 582 valence electrons. The number of carbonyl (C=O) groups is 4. The molecule has 0 aromatic rings. The Morgan fingerprint density at radius 2 is 0.520 bits per heavy atom. The highest BCUT2D eigenvalue weighted by atomic mass is 31.2. The summed E-state index contributed by atoms with van der Waals surface area (Å²) in [6.45, 7) is 11.9. The number of rotatable bonds is 77. The van der Waals surface area contributed by atoms with Crippen LogP contribution in [-0.4, -0.2) is 96.7 Å². The fourth-order valence-corrected chi connectivity index (χ4v) is 13.6. The molecule has 0 bridgehead atoms. The fourth-order valence-electron chi connectivity index (χ4n) is 12.1. The van der Waals surface area contributed by atoms with Crippen LogP contribution in [0.5, 0.6) is 0 Å². The summed E-state index contributed by atoms with van der Waals surface area (Å²) in [5.74, 6) is 0.197. The smallest absolute Gasteiger partial charge is 0.462 e. The number of phosphoric acid groups is 2. The largest absolute Gasteiger partial charge is 0.472 e. The number of ether oxygens (including phenoxy) is 4. The van der Waals surface area contributed by atoms with E-state index in [1.54, 1.807) is 0 Å². The van der Waals surface area contributed by atoms with Crippen LogP contribution in [0, 0.1) is 17.8 Å². The second-order valence-electron chi connectivity index (χ2n) is 29.4. The van der Waals surface area contributed by atoms with E-state index in [0.29, 0.717) is 25.7 Å². The van der Waals surface area contributed by atoms with Gasteiger partial charge in [0.2, 0.25) is 0 Å². The molecule has 0 aromatic heterocycles. The topological polar surface area (TPSA) is 237 Å². The lowest BCUT2D eigenvalue weighted by atomic mass is 9.99. The van der Waals surface area contributed by atoms with Gasteiger partial charge in [0.1, 0.15) is 19.3 Å². The third-order valence-corrected chi connectivity index (χ3v) is 21.0. The van der Waals surface area contributed by atoms with Crippen LogP contribution in [0.3, 0.4) is 0 Å². The SMILES string of the molecule is CCCCCCCCCCCCCCCCCCCCC(=O)OC[C@H](COP(=O)(O)OC[C@@H](O)COP(=O)(O)OC[C@@H](COC(=O)CCCCCCCCC(C)CC)OC(=O)CCCCCCCCCCCC(C)C)OC(=O)CCCCCCCCCCCCCCCCC(C)CC. The van der Waals surface area contributed by atoms with Crippen molar-refractivity contribution in [1.82, 2.24) is 0 Å². The van der Waals surface area contributed by atoms with Crippen molar-refractivity contribution in [3.8, 4) is 0 Å². The summed E-state index contributed by atoms with van der Waals surface area (Å²) in [4.78, 5) is 72.9. The summed E-state index contributed by atoms with van der Waals surface area (Å²) in [5, 5.41) is 10.6. The van der Waals surface area contributed by atoms with Crippen LogP contribution in [0.25, 0.3) is 0 Å². The number of phosphoric ester groups is 2. The van der Waals surface area contributed by atoms with E-state index in [9.17, 15) is 43.2 Å². The van der Waals surface area contributed by atoms with Crippen molar-refractivity contribution in [1.29, 1.82) is 0 Å². The number of aliphatic hydroxyl groups is 1. The molecular weight excluding hydrogens is 1280 g/mol. The van der Waals surface area contributed by atoms with Crippen LogP contribution in [0.15, 0.2) is 0 Å². The maximum Gasteiger partial charge on any atom is 0.472 e. The molecule has 0 saturated carbocycles. The van der Waals surface area contributed by atoms with E-state index < -0.39 is 97.5 Å². The third kappa shape index (κ3) is 69.8. The predicted molar refractivity (Wildman–Crippen MR) is 400 cm³/mol. The van der Waals surface area contributed by atoms with Gasteiger partial charge in [0.05, 0.1) is 26.4 Å². The van der Waals surface area contributed by atoms with Crippen molar-refractivity contribution in [2.45, 2.75) is 426 Å². The van der Waals surface area contributed by atoms with Gasteiger partial charge in [-0.2, -0.15) is 0 Å². The van der Waals surface area contributed by atoms with Gasteiger partial charge < -0.3 is 33.8 Å². The Labute approximate surface area is 600 Å². The van der Waals surface area contributed by atoms with Crippen molar-refractivity contribution in [2.24, 2.45) is 17.8 Å². The first-order valence-electron chi connectivity index (χ1n) is 40.9. The molecule has 0 amide bonds. The van der Waals surface area contributed by atoms with Gasteiger partial charge in [-0.05, 0) is 43.4 Å². The minimum atomic E-state index is -4.96. The van der Waals surface area contributed by atoms with Crippen molar-refractivity contribution < 1.29 is 80.2 Å². The van der Waals surface area contributed by atoms with E-state index >= 15 is 0 Å². The average Bonchev–Trinajstić information content (AvgIpc) is 1.03. The van der Waals surface area contributed by atoms with Gasteiger partial charge in [-0.3, -0.25) is 37.3 Å². The minimum absolute atomic E-state index is 0.104. The Kier molecular flexibility index (Phi) is 68.1. The molecule has 0 saturated heterocycles. The lowest BCUT2D eigenvalue weighted by molar-refractivity contribution is -0.161. The van der Waals surface area contributed by atoms with Crippen molar-refractivity contribution in [2.75, 3.05) is 39.6 Å². The van der Waals surface area contributed by atoms with Crippen molar-refractivity contribution in [3.05, 3.63) is 0 Å². The normalized spacial score (nSPS) is 14.6. The fraction of sp³-hybridized carbons (Fsp3) is 0.949. The molecule has 4 unspecified atom stereocenters. The molecular formula is C79H154O17P2. The number of aliphatic hydroxyl groups excluding tert-OH is 1. The molecule has 0 aliphatic carbocycles. The van der Waals surface area contributed by atoms with Gasteiger partial charge in [0, 0.05) is 25.7 Å². The zero-order valence-electron chi connectivity index (χ0n) is 64.3. The summed E-state index contributed by atoms with van der Waals surface area (Å²) in [5.41, 5.74) is 0. The maximum absolute atomic E-state index is 13.1. The first kappa shape index (κ1) is 96.1. The molecule has 0 heterocycles. The van der Waals surface area contributed by atoms with Gasteiger partial charge in [-0.15, -0.1) is 0 Å². The van der Waals surface area contributed by atoms with Gasteiger partial charge in [0.15, 0.2) is 12.2 Å². The summed E-state index contributed by atoms with van der Waals surface area (Å²) in [6.07, 6.45) is 56.9. The Balaban J connectivity index is 5.24. The second kappa shape index (κ2) is 69.4. The third-order valence-electron chi connectivity index (χ3n) is 19.1. The molecule has 7 atom stereocenters. The maximum atomic E-state index is 13.1. The summed E-state index contributed by atoms with van der Waals surface area (Å²) in [6, 6.07) is 0. The molecule has 0 aliphatic rings. The summed E-state index contributed by atoms with van der Waals surface area (Å²) < 4.78 is 68.6. The van der Waals surface area contributed by atoms with Gasteiger partial charge >= 0.3 is 39.5 Å². The number of carbonyl (C=O) groups excluding carboxylic acids is 4. The minimum Gasteiger partial charge on any atom is -0.462 e. The molecule has 0 fully saturated rings. The Hall–Kier alpha value is -1.94. The average molecular weight is 1440 g/mol. The van der Waals surface area contributed by atoms with E-state index in [-0.39, 0.29) is 25.7 Å². The first-order valence-corrected chi connectivity index (χ1v) is 43.9. The quantitative estimate of drug-likeness (QED) is 0.0222. The van der Waals surface area contributed by atoms with Gasteiger partial charge in [0.25, 0.3) is 0 Å². The van der Waals surface area contributed by atoms with E-state index in [1.807, 2.05) is 0 Å². The number of hydrogen-bond donors (Lipinski definition) is 3. The zero-order chi connectivity index (χ0) is 72.3. The lowest BCUT2D eigenvalue weighted by Gasteiger charge is -2.21. The van der Waals surface area contributed by atoms with Crippen LogP contribution < -0.4 is 0 Å². The van der Waals surface area contributed by atoms with Crippen LogP contribution in [0.4, 0.5) is 0 Å². The molecule has 17 nitrogen and oxygen atoms in total. The molecule has 0 aromatic carbocycles. The van der Waals surface area contributed by atoms with Gasteiger partial charge in [-0.25, -0.2) is 9.13 Å². The zero-order valence-corrected chi connectivity index (χ0v) is 66.0. The Bertz CT molecular complexity index is 1910. The number of hydrogen-bond acceptors (Lipinski definition) is 15. The molecule has 0 aliphatic heterocycles. The standard InChI is InChI=1S/C79H154O17P2/c1-8-11-12-13-14-15-16-17-18-19-20-21-25-28-33-38-46-53-60-76(81)89-66-74(95-78(83)62-55-48-39-34-29-26-23-22-24-27-32-37-44-51-58-71(6)9-2)68-93-97(85,86)91-64-73(80)65-92-98(87,88)94-69-75(67-90-77(82)61-54-47-42-41-45-52-59-72(7)10-3)96-79(84)63-56-49-40-35-30-31-36-43-50-57-70(4)5/h70-75,80H,8-69H2,1-7H3,(H,85,86)(H,87,88)/t71?,72?,73-,74-,75-/m1/s1. The number of esters is 4. The molecule has 98 heavy (non-hydrogen) atoms. The molecule has 0 spiro atoms. The molecule has 19 heteroatoms. The van der Waals surface area contributed by atoms with Crippen molar-refractivity contribution in [3.63, 3.8) is 0 Å². The predicted octanol–water partition coefficient (Wildman–Crippen LogP) is 23.4. The van der Waals surface area contributed by atoms with E-state index in [1.165, 1.54) is 212 Å². The molecule has 0 rings (SSSR count). The highest BCUT2D eigenvalue weighted by Gasteiger charge is 2.30. The monoisotopic (exact) mass is 1440 g/mol. The highest BCUT2D eigenvalue weighted by Crippen LogP contribution is 2.45. The second-order valence-corrected chi connectivity index (χ2v) is 32.3. The van der Waals surface area contributed by atoms with E-state index in [0.717, 1.165) is 114 Å². The summed E-state index contributed by atoms with van der Waals surface area (Å²) in [7, 11) is -9.92. The van der Waals surface area contributed by atoms with Crippen LogP contribution in [0.2, 0.25) is 0 Å². The first-order chi connectivity index (χ1) is 47.3. The van der Waals surface area contributed by atoms with E-state index in [2.05, 4.69) is 48.5 Å². The Morgan fingerprint density at radius 1 is 0.296 bits per heavy atom.